The number of hydrogen-bond donors (Lipinski definition) is 1. The third-order valence-electron chi connectivity index (χ3n) is 4.23. The summed E-state index contributed by atoms with van der Waals surface area (Å²) in [6, 6.07) is 11.5. The van der Waals surface area contributed by atoms with E-state index in [0.29, 0.717) is 6.04 Å². The molecule has 1 heterocycles. The number of nitrogens with one attached hydrogen (secondary N) is 1. The van der Waals surface area contributed by atoms with Crippen LogP contribution in [-0.4, -0.2) is 50.2 Å². The van der Waals surface area contributed by atoms with Gasteiger partial charge in [0.1, 0.15) is 0 Å². The summed E-state index contributed by atoms with van der Waals surface area (Å²) in [5.41, 5.74) is 1.37. The Morgan fingerprint density at radius 2 is 1.75 bits per heavy atom. The minimum Gasteiger partial charge on any atom is -0.369 e. The molecule has 2 rings (SSSR count). The van der Waals surface area contributed by atoms with Crippen LogP contribution in [0.1, 0.15) is 26.7 Å². The van der Waals surface area contributed by atoms with Crippen LogP contribution >= 0.6 is 0 Å². The molecule has 20 heavy (non-hydrogen) atoms. The van der Waals surface area contributed by atoms with E-state index < -0.39 is 0 Å². The lowest BCUT2D eigenvalue weighted by Crippen LogP contribution is -2.52. The Labute approximate surface area is 124 Å². The molecule has 0 amide bonds. The van der Waals surface area contributed by atoms with Gasteiger partial charge in [-0.1, -0.05) is 32.0 Å². The topological polar surface area (TPSA) is 18.5 Å². The predicted octanol–water partition coefficient (Wildman–Crippen LogP) is 2.59. The summed E-state index contributed by atoms with van der Waals surface area (Å²) in [4.78, 5) is 5.16. The molecule has 112 valence electrons. The quantitative estimate of drug-likeness (QED) is 0.772. The molecule has 1 atom stereocenters. The minimum absolute atomic E-state index is 0.694. The van der Waals surface area contributed by atoms with E-state index in [4.69, 9.17) is 0 Å². The van der Waals surface area contributed by atoms with Gasteiger partial charge in [0.15, 0.2) is 0 Å². The average Bonchev–Trinajstić information content (AvgIpc) is 2.53. The zero-order valence-electron chi connectivity index (χ0n) is 13.0. The van der Waals surface area contributed by atoms with Crippen molar-refractivity contribution in [2.45, 2.75) is 32.7 Å². The van der Waals surface area contributed by atoms with Gasteiger partial charge in [0.25, 0.3) is 0 Å². The van der Waals surface area contributed by atoms with Crippen molar-refractivity contribution in [3.05, 3.63) is 30.3 Å². The van der Waals surface area contributed by atoms with Crippen molar-refractivity contribution in [3.63, 3.8) is 0 Å². The van der Waals surface area contributed by atoms with Crippen molar-refractivity contribution in [3.8, 4) is 0 Å². The van der Waals surface area contributed by atoms with Crippen LogP contribution in [0.2, 0.25) is 0 Å². The SMILES string of the molecule is CCCNCC(CC)N1CCN(c2ccccc2)CC1. The summed E-state index contributed by atoms with van der Waals surface area (Å²) < 4.78 is 0. The third-order valence-corrected chi connectivity index (χ3v) is 4.23. The van der Waals surface area contributed by atoms with Crippen LogP contribution in [0.5, 0.6) is 0 Å². The highest BCUT2D eigenvalue weighted by molar-refractivity contribution is 5.46. The molecular weight excluding hydrogens is 246 g/mol. The van der Waals surface area contributed by atoms with E-state index >= 15 is 0 Å². The monoisotopic (exact) mass is 275 g/mol. The predicted molar refractivity (Wildman–Crippen MR) is 87.5 cm³/mol. The maximum atomic E-state index is 3.57. The largest absolute Gasteiger partial charge is 0.369 e. The molecule has 1 aliphatic rings. The first kappa shape index (κ1) is 15.3. The second-order valence-electron chi connectivity index (χ2n) is 5.62. The number of nitrogens with zero attached hydrogens (tertiary/aromatic N) is 2. The van der Waals surface area contributed by atoms with Crippen LogP contribution in [0.4, 0.5) is 5.69 Å². The first-order valence-electron chi connectivity index (χ1n) is 8.10. The van der Waals surface area contributed by atoms with Gasteiger partial charge in [-0.05, 0) is 31.5 Å². The molecule has 1 saturated heterocycles. The Morgan fingerprint density at radius 3 is 2.35 bits per heavy atom. The summed E-state index contributed by atoms with van der Waals surface area (Å²) >= 11 is 0. The van der Waals surface area contributed by atoms with Gasteiger partial charge in [-0.3, -0.25) is 4.90 Å². The number of piperazine rings is 1. The van der Waals surface area contributed by atoms with Crippen molar-refractivity contribution in [1.29, 1.82) is 0 Å². The molecule has 1 N–H and O–H groups in total. The Morgan fingerprint density at radius 1 is 1.05 bits per heavy atom. The maximum Gasteiger partial charge on any atom is 0.0367 e. The molecule has 1 aromatic carbocycles. The molecule has 1 aromatic rings. The lowest BCUT2D eigenvalue weighted by atomic mass is 10.1. The number of benzene rings is 1. The number of hydrogen-bond acceptors (Lipinski definition) is 3. The molecule has 0 radical (unpaired) electrons. The molecule has 1 aliphatic heterocycles. The lowest BCUT2D eigenvalue weighted by molar-refractivity contribution is 0.176. The molecular formula is C17H29N3. The summed E-state index contributed by atoms with van der Waals surface area (Å²) in [5, 5.41) is 3.57. The van der Waals surface area contributed by atoms with Gasteiger partial charge >= 0.3 is 0 Å². The standard InChI is InChI=1S/C17H29N3/c1-3-10-18-15-16(4-2)19-11-13-20(14-12-19)17-8-6-5-7-9-17/h5-9,16,18H,3-4,10-15H2,1-2H3. The molecule has 0 aliphatic carbocycles. The van der Waals surface area contributed by atoms with Gasteiger partial charge in [-0.25, -0.2) is 0 Å². The highest BCUT2D eigenvalue weighted by Crippen LogP contribution is 2.17. The van der Waals surface area contributed by atoms with E-state index in [9.17, 15) is 0 Å². The smallest absolute Gasteiger partial charge is 0.0367 e. The van der Waals surface area contributed by atoms with Gasteiger partial charge in [-0.2, -0.15) is 0 Å². The Balaban J connectivity index is 1.80. The number of rotatable bonds is 7. The van der Waals surface area contributed by atoms with Crippen molar-refractivity contribution >= 4 is 5.69 Å². The maximum absolute atomic E-state index is 3.57. The molecule has 0 saturated carbocycles. The Hall–Kier alpha value is -1.06. The lowest BCUT2D eigenvalue weighted by Gasteiger charge is -2.40. The fourth-order valence-corrected chi connectivity index (χ4v) is 2.96. The second kappa shape index (κ2) is 8.28. The molecule has 3 nitrogen and oxygen atoms in total. The molecule has 1 unspecified atom stereocenters. The number of para-hydroxylation sites is 1. The van der Waals surface area contributed by atoms with Gasteiger partial charge < -0.3 is 10.2 Å². The zero-order valence-corrected chi connectivity index (χ0v) is 13.0. The normalized spacial score (nSPS) is 18.2. The van der Waals surface area contributed by atoms with E-state index in [1.165, 1.54) is 31.6 Å². The summed E-state index contributed by atoms with van der Waals surface area (Å²) in [6.07, 6.45) is 2.46. The van der Waals surface area contributed by atoms with E-state index in [2.05, 4.69) is 59.3 Å². The van der Waals surface area contributed by atoms with Gasteiger partial charge in [0.05, 0.1) is 0 Å². The van der Waals surface area contributed by atoms with Crippen LogP contribution < -0.4 is 10.2 Å². The summed E-state index contributed by atoms with van der Waals surface area (Å²) in [7, 11) is 0. The van der Waals surface area contributed by atoms with Crippen LogP contribution in [-0.2, 0) is 0 Å². The van der Waals surface area contributed by atoms with Crippen molar-refractivity contribution < 1.29 is 0 Å². The molecule has 0 spiro atoms. The third kappa shape index (κ3) is 4.22. The highest BCUT2D eigenvalue weighted by Gasteiger charge is 2.22. The zero-order chi connectivity index (χ0) is 14.2. The summed E-state index contributed by atoms with van der Waals surface area (Å²) in [5.74, 6) is 0. The Kier molecular flexibility index (Phi) is 6.34. The first-order chi connectivity index (χ1) is 9.85. The van der Waals surface area contributed by atoms with Crippen molar-refractivity contribution in [1.82, 2.24) is 10.2 Å². The first-order valence-corrected chi connectivity index (χ1v) is 8.10. The average molecular weight is 275 g/mol. The fraction of sp³-hybridized carbons (Fsp3) is 0.647. The molecule has 3 heteroatoms. The molecule has 1 fully saturated rings. The van der Waals surface area contributed by atoms with Crippen LogP contribution in [0.3, 0.4) is 0 Å². The van der Waals surface area contributed by atoms with Gasteiger partial charge in [0.2, 0.25) is 0 Å². The number of anilines is 1. The van der Waals surface area contributed by atoms with Crippen molar-refractivity contribution in [2.75, 3.05) is 44.2 Å². The van der Waals surface area contributed by atoms with Crippen LogP contribution in [0.25, 0.3) is 0 Å². The van der Waals surface area contributed by atoms with Crippen LogP contribution in [0, 0.1) is 0 Å². The van der Waals surface area contributed by atoms with E-state index in [1.807, 2.05) is 0 Å². The summed E-state index contributed by atoms with van der Waals surface area (Å²) in [6.45, 7) is 11.5. The fourth-order valence-electron chi connectivity index (χ4n) is 2.96. The van der Waals surface area contributed by atoms with Gasteiger partial charge in [-0.15, -0.1) is 0 Å². The van der Waals surface area contributed by atoms with Crippen molar-refractivity contribution in [2.24, 2.45) is 0 Å². The van der Waals surface area contributed by atoms with E-state index in [-0.39, 0.29) is 0 Å². The molecule has 0 aromatic heterocycles. The second-order valence-corrected chi connectivity index (χ2v) is 5.62. The molecule has 0 bridgehead atoms. The Bertz CT molecular complexity index is 358. The minimum atomic E-state index is 0.694. The highest BCUT2D eigenvalue weighted by atomic mass is 15.3. The van der Waals surface area contributed by atoms with Gasteiger partial charge in [0, 0.05) is 44.5 Å². The van der Waals surface area contributed by atoms with Crippen LogP contribution in [0.15, 0.2) is 30.3 Å². The van der Waals surface area contributed by atoms with E-state index in [1.54, 1.807) is 0 Å². The van der Waals surface area contributed by atoms with E-state index in [0.717, 1.165) is 26.2 Å².